The van der Waals surface area contributed by atoms with E-state index in [2.05, 4.69) is 43.5 Å². The highest BCUT2D eigenvalue weighted by Gasteiger charge is 2.47. The van der Waals surface area contributed by atoms with Crippen LogP contribution in [-0.2, 0) is 42.1 Å². The van der Waals surface area contributed by atoms with Crippen molar-refractivity contribution in [3.63, 3.8) is 0 Å². The second-order valence-corrected chi connectivity index (χ2v) is 20.8. The monoisotopic (exact) mass is 1070 g/mol. The van der Waals surface area contributed by atoms with E-state index < -0.39 is 121 Å². The lowest BCUT2D eigenvalue weighted by molar-refractivity contribution is -0.327. The van der Waals surface area contributed by atoms with Gasteiger partial charge in [0.15, 0.2) is 12.4 Å². The van der Waals surface area contributed by atoms with Crippen molar-refractivity contribution in [3.8, 4) is 0 Å². The molecule has 0 aromatic heterocycles. The second-order valence-electron chi connectivity index (χ2n) is 19.4. The van der Waals surface area contributed by atoms with Crippen LogP contribution in [0.2, 0.25) is 0 Å². The molecular weight excluding hydrogens is 970 g/mol. The van der Waals surface area contributed by atoms with Gasteiger partial charge in [-0.3, -0.25) is 18.6 Å². The Balaban J connectivity index is 2.59. The number of ether oxygens (including phenoxy) is 4. The number of hydrogen-bond acceptors (Lipinski definition) is 18. The summed E-state index contributed by atoms with van der Waals surface area (Å²) in [6, 6.07) is 0. The summed E-state index contributed by atoms with van der Waals surface area (Å²) in [6.07, 6.45) is 21.3. The molecule has 0 spiro atoms. The molecule has 5 unspecified atom stereocenters. The number of aliphatic hydroxyl groups excluding tert-OH is 8. The van der Waals surface area contributed by atoms with E-state index in [9.17, 15) is 59.9 Å². The largest absolute Gasteiger partial charge is 0.472 e. The molecule has 10 N–H and O–H groups in total. The summed E-state index contributed by atoms with van der Waals surface area (Å²) in [5.74, 6) is -1.05. The lowest BCUT2D eigenvalue weighted by Crippen LogP contribution is -2.61. The third kappa shape index (κ3) is 35.2. The summed E-state index contributed by atoms with van der Waals surface area (Å²) in [4.78, 5) is 36.0. The van der Waals surface area contributed by atoms with Crippen molar-refractivity contribution in [1.29, 1.82) is 0 Å². The first-order valence-corrected chi connectivity index (χ1v) is 29.3. The average molecular weight is 1070 g/mol. The first-order valence-electron chi connectivity index (χ1n) is 27.8. The van der Waals surface area contributed by atoms with Gasteiger partial charge in [0.2, 0.25) is 0 Å². The highest BCUT2D eigenvalue weighted by molar-refractivity contribution is 7.47. The van der Waals surface area contributed by atoms with Crippen molar-refractivity contribution in [2.24, 2.45) is 0 Å². The highest BCUT2D eigenvalue weighted by Crippen LogP contribution is 2.43. The Hall–Kier alpha value is -1.91. The summed E-state index contributed by atoms with van der Waals surface area (Å²) in [5, 5.41) is 83.8. The number of carbonyl (C=O) groups excluding carboxylic acids is 2. The second kappa shape index (κ2) is 45.1. The van der Waals surface area contributed by atoms with Gasteiger partial charge in [0.05, 0.1) is 32.5 Å². The fraction of sp³-hybridized carbons (Fsp3) is 0.887. The number of rotatable bonds is 49. The van der Waals surface area contributed by atoms with Crippen LogP contribution in [0, 0.1) is 0 Å². The van der Waals surface area contributed by atoms with Crippen LogP contribution >= 0.6 is 7.82 Å². The number of nitrogens with one attached hydrogen (secondary N) is 1. The summed E-state index contributed by atoms with van der Waals surface area (Å²) in [5.41, 5.74) is 0. The Morgan fingerprint density at radius 1 is 0.616 bits per heavy atom. The zero-order valence-corrected chi connectivity index (χ0v) is 45.4. The van der Waals surface area contributed by atoms with E-state index >= 15 is 0 Å². The fourth-order valence-corrected chi connectivity index (χ4v) is 8.93. The average Bonchev–Trinajstić information content (AvgIpc) is 3.37. The normalized spacial score (nSPS) is 21.3. The van der Waals surface area contributed by atoms with Gasteiger partial charge < -0.3 is 70.0 Å². The quantitative estimate of drug-likeness (QED) is 0.0135. The maximum Gasteiger partial charge on any atom is 0.472 e. The standard InChI is InChI=1S/C53H100NO18P/c1-3-5-7-9-11-13-15-17-19-21-23-25-27-29-31-33-46(59)67-40-42(70-47(60)34-32-30-28-26-24-22-20-18-16-14-12-10-8-6-4-2)41-69-73(65,66)68-36-35-54-37-43(57)48(61)52(44(58)38-55)72-53-51(64)50(63)49(62)45(39-56)71-53/h17-20,42-45,48-58,61-64H,3-16,21-41H2,1-2H3,(H,65,66)/b19-17-,20-18-/t42-,43?,44-,45-,48?,49+,50?,51?,52-,53+/m1/s1. The number of carbonyl (C=O) groups is 2. The van der Waals surface area contributed by atoms with E-state index in [4.69, 9.17) is 28.0 Å². The predicted octanol–water partition coefficient (Wildman–Crippen LogP) is 6.50. The molecule has 11 atom stereocenters. The molecule has 0 aromatic rings. The first-order chi connectivity index (χ1) is 35.2. The van der Waals surface area contributed by atoms with Crippen molar-refractivity contribution in [2.45, 2.75) is 255 Å². The molecule has 0 aromatic carbocycles. The van der Waals surface area contributed by atoms with Crippen molar-refractivity contribution in [1.82, 2.24) is 5.32 Å². The van der Waals surface area contributed by atoms with E-state index in [1.54, 1.807) is 0 Å². The molecule has 0 saturated carbocycles. The van der Waals surface area contributed by atoms with Crippen molar-refractivity contribution < 1.29 is 87.9 Å². The molecule has 1 fully saturated rings. The molecule has 0 bridgehead atoms. The molecule has 0 radical (unpaired) electrons. The van der Waals surface area contributed by atoms with Gasteiger partial charge in [-0.2, -0.15) is 0 Å². The zero-order valence-electron chi connectivity index (χ0n) is 44.5. The number of aliphatic hydroxyl groups is 8. The Bertz CT molecular complexity index is 1440. The molecular formula is C53H100NO18P. The predicted molar refractivity (Wildman–Crippen MR) is 278 cm³/mol. The van der Waals surface area contributed by atoms with Crippen molar-refractivity contribution >= 4 is 19.8 Å². The van der Waals surface area contributed by atoms with Gasteiger partial charge in [0.25, 0.3) is 0 Å². The van der Waals surface area contributed by atoms with Crippen molar-refractivity contribution in [2.75, 3.05) is 46.1 Å². The van der Waals surface area contributed by atoms with Crippen LogP contribution in [0.5, 0.6) is 0 Å². The van der Waals surface area contributed by atoms with Crippen LogP contribution < -0.4 is 5.32 Å². The van der Waals surface area contributed by atoms with E-state index in [-0.39, 0.29) is 19.4 Å². The molecule has 1 heterocycles. The number of unbranched alkanes of at least 4 members (excludes halogenated alkanes) is 22. The minimum atomic E-state index is -4.76. The Labute approximate surface area is 437 Å². The van der Waals surface area contributed by atoms with E-state index in [1.165, 1.54) is 77.0 Å². The smallest absolute Gasteiger partial charge is 0.462 e. The van der Waals surface area contributed by atoms with Crippen LogP contribution in [0.1, 0.15) is 194 Å². The molecule has 0 aliphatic carbocycles. The lowest BCUT2D eigenvalue weighted by atomic mass is 9.98. The molecule has 1 rings (SSSR count). The van der Waals surface area contributed by atoms with E-state index in [0.717, 1.165) is 77.0 Å². The molecule has 1 aliphatic heterocycles. The number of phosphoric ester groups is 1. The van der Waals surface area contributed by atoms with Crippen LogP contribution in [0.4, 0.5) is 0 Å². The maximum atomic E-state index is 12.9. The third-order valence-corrected chi connectivity index (χ3v) is 13.7. The molecule has 19 nitrogen and oxygen atoms in total. The van der Waals surface area contributed by atoms with Gasteiger partial charge in [-0.25, -0.2) is 4.57 Å². The highest BCUT2D eigenvalue weighted by atomic mass is 31.2. The van der Waals surface area contributed by atoms with Gasteiger partial charge in [0.1, 0.15) is 49.3 Å². The Kier molecular flexibility index (Phi) is 42.7. The molecule has 1 saturated heterocycles. The number of esters is 2. The van der Waals surface area contributed by atoms with Crippen LogP contribution in [0.25, 0.3) is 0 Å². The topological polar surface area (TPSA) is 301 Å². The molecule has 430 valence electrons. The Morgan fingerprint density at radius 3 is 1.59 bits per heavy atom. The van der Waals surface area contributed by atoms with E-state index in [0.29, 0.717) is 12.8 Å². The zero-order chi connectivity index (χ0) is 54.0. The lowest BCUT2D eigenvalue weighted by Gasteiger charge is -2.42. The summed E-state index contributed by atoms with van der Waals surface area (Å²) in [6.45, 7) is 0.659. The minimum Gasteiger partial charge on any atom is -0.462 e. The minimum absolute atomic E-state index is 0.108. The van der Waals surface area contributed by atoms with Gasteiger partial charge in [-0.15, -0.1) is 0 Å². The van der Waals surface area contributed by atoms with Gasteiger partial charge in [0, 0.05) is 25.9 Å². The van der Waals surface area contributed by atoms with Gasteiger partial charge >= 0.3 is 19.8 Å². The summed E-state index contributed by atoms with van der Waals surface area (Å²) in [7, 11) is -4.76. The molecule has 0 amide bonds. The molecule has 73 heavy (non-hydrogen) atoms. The molecule has 1 aliphatic rings. The van der Waals surface area contributed by atoms with Crippen LogP contribution in [0.15, 0.2) is 24.3 Å². The van der Waals surface area contributed by atoms with Crippen LogP contribution in [-0.4, -0.2) is 165 Å². The fourth-order valence-electron chi connectivity index (χ4n) is 8.17. The third-order valence-electron chi connectivity index (χ3n) is 12.8. The number of phosphoric acid groups is 1. The first kappa shape index (κ1) is 69.1. The van der Waals surface area contributed by atoms with Gasteiger partial charge in [-0.1, -0.05) is 141 Å². The summed E-state index contributed by atoms with van der Waals surface area (Å²) >= 11 is 0. The van der Waals surface area contributed by atoms with E-state index in [1.807, 2.05) is 0 Å². The number of hydrogen-bond donors (Lipinski definition) is 10. The van der Waals surface area contributed by atoms with Gasteiger partial charge in [-0.05, 0) is 64.2 Å². The van der Waals surface area contributed by atoms with Crippen molar-refractivity contribution in [3.05, 3.63) is 24.3 Å². The Morgan fingerprint density at radius 2 is 1.10 bits per heavy atom. The SMILES string of the molecule is CCCCCCCC/C=C\CCCCCCCC(=O)OC[C@H](COP(=O)(O)OCCNCC(O)C(O)[C@H](O[C@@H]1O[C@H](CO)[C@H](O)C(O)C1O)[C@H](O)CO)OC(=O)CCCCCCC/C=C\CCCCCCCC. The summed E-state index contributed by atoms with van der Waals surface area (Å²) < 4.78 is 44.6. The number of allylic oxidation sites excluding steroid dienone is 4. The van der Waals surface area contributed by atoms with Crippen LogP contribution in [0.3, 0.4) is 0 Å². The molecule has 20 heteroatoms. The maximum absolute atomic E-state index is 12.9.